The molecule has 1 aromatic heterocycles. The van der Waals surface area contributed by atoms with E-state index >= 15 is 0 Å². The Bertz CT molecular complexity index is 610. The molecule has 0 radical (unpaired) electrons. The van der Waals surface area contributed by atoms with Crippen LogP contribution < -0.4 is 4.74 Å². The van der Waals surface area contributed by atoms with Crippen LogP contribution in [0.25, 0.3) is 0 Å². The zero-order valence-corrected chi connectivity index (χ0v) is 9.99. The number of halogens is 2. The number of hydrogen-bond acceptors (Lipinski definition) is 3. The van der Waals surface area contributed by atoms with Crippen molar-refractivity contribution in [1.82, 2.24) is 4.98 Å². The quantitative estimate of drug-likeness (QED) is 0.794. The number of aromatic nitrogens is 1. The van der Waals surface area contributed by atoms with Gasteiger partial charge in [0.2, 0.25) is 5.88 Å². The summed E-state index contributed by atoms with van der Waals surface area (Å²) in [6.07, 6.45) is 1.54. The van der Waals surface area contributed by atoms with Crippen LogP contribution in [0.3, 0.4) is 0 Å². The minimum Gasteiger partial charge on any atom is -0.437 e. The lowest BCUT2D eigenvalue weighted by Crippen LogP contribution is -1.96. The van der Waals surface area contributed by atoms with Crippen molar-refractivity contribution >= 4 is 11.6 Å². The van der Waals surface area contributed by atoms with E-state index in [1.54, 1.807) is 18.2 Å². The molecule has 0 amide bonds. The Labute approximate surface area is 108 Å². The Hall–Kier alpha value is -2.12. The third-order valence-corrected chi connectivity index (χ3v) is 2.58. The van der Waals surface area contributed by atoms with Crippen molar-refractivity contribution in [1.29, 1.82) is 5.26 Å². The van der Waals surface area contributed by atoms with Crippen LogP contribution in [0.5, 0.6) is 11.6 Å². The minimum atomic E-state index is -0.627. The predicted molar refractivity (Wildman–Crippen MR) is 65.0 cm³/mol. The second-order valence-electron chi connectivity index (χ2n) is 3.43. The SMILES string of the molecule is N#Cc1c(F)cccc1Oc1ncccc1CCl. The van der Waals surface area contributed by atoms with Crippen LogP contribution in [0.1, 0.15) is 11.1 Å². The molecule has 0 bridgehead atoms. The third-order valence-electron chi connectivity index (χ3n) is 2.29. The van der Waals surface area contributed by atoms with Gasteiger partial charge in [-0.25, -0.2) is 9.37 Å². The highest BCUT2D eigenvalue weighted by Gasteiger charge is 2.12. The molecule has 2 rings (SSSR count). The molecule has 18 heavy (non-hydrogen) atoms. The summed E-state index contributed by atoms with van der Waals surface area (Å²) in [7, 11) is 0. The van der Waals surface area contributed by atoms with Gasteiger partial charge in [0.1, 0.15) is 23.2 Å². The fourth-order valence-corrected chi connectivity index (χ4v) is 1.62. The van der Waals surface area contributed by atoms with Gasteiger partial charge in [0.25, 0.3) is 0 Å². The van der Waals surface area contributed by atoms with Gasteiger partial charge in [0, 0.05) is 11.8 Å². The minimum absolute atomic E-state index is 0.127. The van der Waals surface area contributed by atoms with Crippen LogP contribution in [0.15, 0.2) is 36.5 Å². The molecular formula is C13H8ClFN2O. The van der Waals surface area contributed by atoms with Gasteiger partial charge in [0.15, 0.2) is 0 Å². The Morgan fingerprint density at radius 3 is 2.89 bits per heavy atom. The van der Waals surface area contributed by atoms with Crippen molar-refractivity contribution in [2.45, 2.75) is 5.88 Å². The second kappa shape index (κ2) is 5.48. The Kier molecular flexibility index (Phi) is 3.75. The van der Waals surface area contributed by atoms with Crippen LogP contribution in [-0.2, 0) is 5.88 Å². The number of benzene rings is 1. The number of ether oxygens (including phenoxy) is 1. The Morgan fingerprint density at radius 2 is 2.17 bits per heavy atom. The molecule has 5 heteroatoms. The topological polar surface area (TPSA) is 45.9 Å². The summed E-state index contributed by atoms with van der Waals surface area (Å²) in [5, 5.41) is 8.89. The highest BCUT2D eigenvalue weighted by atomic mass is 35.5. The van der Waals surface area contributed by atoms with Crippen LogP contribution in [-0.4, -0.2) is 4.98 Å². The first-order valence-electron chi connectivity index (χ1n) is 5.12. The molecule has 0 aliphatic heterocycles. The van der Waals surface area contributed by atoms with Crippen molar-refractivity contribution in [3.05, 3.63) is 53.5 Å². The zero-order chi connectivity index (χ0) is 13.0. The number of rotatable bonds is 3. The number of nitriles is 1. The summed E-state index contributed by atoms with van der Waals surface area (Å²) in [6.45, 7) is 0. The summed E-state index contributed by atoms with van der Waals surface area (Å²) in [5.74, 6) is -0.00377. The number of alkyl halides is 1. The van der Waals surface area contributed by atoms with Gasteiger partial charge in [-0.2, -0.15) is 5.26 Å². The highest BCUT2D eigenvalue weighted by molar-refractivity contribution is 6.17. The van der Waals surface area contributed by atoms with E-state index in [4.69, 9.17) is 21.6 Å². The maximum atomic E-state index is 13.4. The Balaban J connectivity index is 2.41. The molecule has 0 fully saturated rings. The van der Waals surface area contributed by atoms with E-state index in [2.05, 4.69) is 4.98 Å². The zero-order valence-electron chi connectivity index (χ0n) is 9.23. The first-order valence-corrected chi connectivity index (χ1v) is 5.66. The van der Waals surface area contributed by atoms with Crippen molar-refractivity contribution in [3.63, 3.8) is 0 Å². The van der Waals surface area contributed by atoms with Gasteiger partial charge >= 0.3 is 0 Å². The third kappa shape index (κ3) is 2.41. The van der Waals surface area contributed by atoms with E-state index < -0.39 is 5.82 Å². The van der Waals surface area contributed by atoms with Gasteiger partial charge in [-0.3, -0.25) is 0 Å². The van der Waals surface area contributed by atoms with Crippen LogP contribution in [0.4, 0.5) is 4.39 Å². The molecule has 90 valence electrons. The lowest BCUT2D eigenvalue weighted by atomic mass is 10.2. The maximum absolute atomic E-state index is 13.4. The second-order valence-corrected chi connectivity index (χ2v) is 3.70. The monoisotopic (exact) mass is 262 g/mol. The number of nitrogens with zero attached hydrogens (tertiary/aromatic N) is 2. The molecule has 3 nitrogen and oxygen atoms in total. The van der Waals surface area contributed by atoms with Gasteiger partial charge in [-0.15, -0.1) is 11.6 Å². The maximum Gasteiger partial charge on any atom is 0.223 e. The summed E-state index contributed by atoms with van der Waals surface area (Å²) >= 11 is 5.74. The summed E-state index contributed by atoms with van der Waals surface area (Å²) in [6, 6.07) is 9.41. The molecule has 0 unspecified atom stereocenters. The fourth-order valence-electron chi connectivity index (χ4n) is 1.42. The van der Waals surface area contributed by atoms with Gasteiger partial charge < -0.3 is 4.74 Å². The normalized spacial score (nSPS) is 9.83. The average Bonchev–Trinajstić information content (AvgIpc) is 2.40. The van der Waals surface area contributed by atoms with E-state index in [1.165, 1.54) is 24.4 Å². The van der Waals surface area contributed by atoms with E-state index in [0.29, 0.717) is 5.56 Å². The predicted octanol–water partition coefficient (Wildman–Crippen LogP) is 3.62. The van der Waals surface area contributed by atoms with Gasteiger partial charge in [-0.1, -0.05) is 12.1 Å². The van der Waals surface area contributed by atoms with E-state index in [0.717, 1.165) is 0 Å². The summed E-state index contributed by atoms with van der Waals surface area (Å²) < 4.78 is 18.8. The molecule has 0 saturated heterocycles. The summed E-state index contributed by atoms with van der Waals surface area (Å²) in [4.78, 5) is 4.01. The summed E-state index contributed by atoms with van der Waals surface area (Å²) in [5.41, 5.74) is 0.524. The molecule has 1 aromatic carbocycles. The van der Waals surface area contributed by atoms with Crippen molar-refractivity contribution in [2.24, 2.45) is 0 Å². The molecule has 0 spiro atoms. The van der Waals surface area contributed by atoms with E-state index in [9.17, 15) is 4.39 Å². The first kappa shape index (κ1) is 12.3. The number of pyridine rings is 1. The highest BCUT2D eigenvalue weighted by Crippen LogP contribution is 2.28. The average molecular weight is 263 g/mol. The Morgan fingerprint density at radius 1 is 1.33 bits per heavy atom. The first-order chi connectivity index (χ1) is 8.76. The lowest BCUT2D eigenvalue weighted by molar-refractivity contribution is 0.452. The van der Waals surface area contributed by atoms with Gasteiger partial charge in [0.05, 0.1) is 5.88 Å². The van der Waals surface area contributed by atoms with E-state index in [1.807, 2.05) is 0 Å². The molecule has 0 atom stereocenters. The molecule has 2 aromatic rings. The van der Waals surface area contributed by atoms with Crippen molar-refractivity contribution in [3.8, 4) is 17.7 Å². The smallest absolute Gasteiger partial charge is 0.223 e. The van der Waals surface area contributed by atoms with Crippen LogP contribution in [0.2, 0.25) is 0 Å². The molecule has 0 saturated carbocycles. The van der Waals surface area contributed by atoms with Crippen LogP contribution >= 0.6 is 11.6 Å². The van der Waals surface area contributed by atoms with Crippen LogP contribution in [0, 0.1) is 17.1 Å². The number of hydrogen-bond donors (Lipinski definition) is 0. The lowest BCUT2D eigenvalue weighted by Gasteiger charge is -2.09. The molecular weight excluding hydrogens is 255 g/mol. The standard InChI is InChI=1S/C13H8ClFN2O/c14-7-9-3-2-6-17-13(9)18-12-5-1-4-11(15)10(12)8-16/h1-6H,7H2. The molecule has 0 N–H and O–H groups in total. The van der Waals surface area contributed by atoms with E-state index in [-0.39, 0.29) is 23.1 Å². The molecule has 0 aliphatic carbocycles. The molecule has 0 aliphatic rings. The van der Waals surface area contributed by atoms with Crippen molar-refractivity contribution < 1.29 is 9.13 Å². The largest absolute Gasteiger partial charge is 0.437 e. The fraction of sp³-hybridized carbons (Fsp3) is 0.0769. The molecule has 1 heterocycles. The van der Waals surface area contributed by atoms with Crippen molar-refractivity contribution in [2.75, 3.05) is 0 Å². The van der Waals surface area contributed by atoms with Gasteiger partial charge in [-0.05, 0) is 18.2 Å².